The molecule has 0 fully saturated rings. The van der Waals surface area contributed by atoms with Crippen molar-refractivity contribution in [3.05, 3.63) is 91.3 Å². The lowest BCUT2D eigenvalue weighted by molar-refractivity contribution is -0.255. The summed E-state index contributed by atoms with van der Waals surface area (Å²) in [6.07, 6.45) is -4.41. The minimum atomic E-state index is -4.63. The largest absolute Gasteiger partial charge is 0.545 e. The van der Waals surface area contributed by atoms with E-state index in [2.05, 4.69) is 0 Å². The summed E-state index contributed by atoms with van der Waals surface area (Å²) in [5, 5.41) is 11.8. The molecule has 1 aliphatic heterocycles. The fraction of sp³-hybridized carbons (Fsp3) is 0.250. The van der Waals surface area contributed by atoms with Crippen molar-refractivity contribution < 1.29 is 32.6 Å². The Kier molecular flexibility index (Phi) is 5.27. The van der Waals surface area contributed by atoms with Crippen LogP contribution in [-0.2, 0) is 23.9 Å². The molecule has 2 aliphatic rings. The number of aromatic nitrogens is 2. The average molecular weight is 500 g/mol. The predicted molar refractivity (Wildman–Crippen MR) is 117 cm³/mol. The summed E-state index contributed by atoms with van der Waals surface area (Å²) in [5.74, 6) is -1.84. The van der Waals surface area contributed by atoms with Crippen molar-refractivity contribution in [2.24, 2.45) is 0 Å². The molecule has 1 aliphatic carbocycles. The molecule has 0 bridgehead atoms. The van der Waals surface area contributed by atoms with Gasteiger partial charge in [0.15, 0.2) is 0 Å². The first kappa shape index (κ1) is 23.4. The molecule has 0 saturated carbocycles. The average Bonchev–Trinajstić information content (AvgIpc) is 3.24. The molecule has 0 saturated heterocycles. The molecule has 1 amide bonds. The third-order valence-corrected chi connectivity index (χ3v) is 6.52. The van der Waals surface area contributed by atoms with Gasteiger partial charge in [-0.05, 0) is 48.2 Å². The van der Waals surface area contributed by atoms with E-state index in [0.717, 1.165) is 16.8 Å². The molecular weight excluding hydrogens is 483 g/mol. The van der Waals surface area contributed by atoms with E-state index in [4.69, 9.17) is 4.74 Å². The van der Waals surface area contributed by atoms with E-state index in [1.165, 1.54) is 42.3 Å². The summed E-state index contributed by atoms with van der Waals surface area (Å²) >= 11 is 0. The third-order valence-electron chi connectivity index (χ3n) is 6.52. The van der Waals surface area contributed by atoms with E-state index < -0.39 is 46.7 Å². The number of anilines is 1. The number of benzene rings is 2. The number of nitrogens with zero attached hydrogens (tertiary/aromatic N) is 3. The van der Waals surface area contributed by atoms with Crippen LogP contribution in [0.5, 0.6) is 0 Å². The van der Waals surface area contributed by atoms with Gasteiger partial charge in [0.2, 0.25) is 0 Å². The number of fused-ring (bicyclic) bond motifs is 2. The van der Waals surface area contributed by atoms with Gasteiger partial charge >= 0.3 is 18.0 Å². The molecule has 3 aromatic rings. The maximum Gasteiger partial charge on any atom is 0.416 e. The van der Waals surface area contributed by atoms with Crippen molar-refractivity contribution in [1.29, 1.82) is 0 Å². The molecule has 12 heteroatoms. The number of hydrogen-bond acceptors (Lipinski definition) is 6. The highest BCUT2D eigenvalue weighted by atomic mass is 19.4. The zero-order valence-electron chi connectivity index (χ0n) is 18.7. The van der Waals surface area contributed by atoms with Crippen LogP contribution in [0.1, 0.15) is 45.1 Å². The van der Waals surface area contributed by atoms with Gasteiger partial charge in [-0.15, -0.1) is 0 Å². The number of carbonyl (C=O) groups excluding carboxylic acids is 2. The van der Waals surface area contributed by atoms with E-state index in [9.17, 15) is 37.5 Å². The van der Waals surface area contributed by atoms with Gasteiger partial charge in [-0.2, -0.15) is 13.2 Å². The van der Waals surface area contributed by atoms with Crippen LogP contribution in [0.25, 0.3) is 5.69 Å². The topological polar surface area (TPSA) is 114 Å². The number of carboxylic acid groups (broad SMARTS) is 1. The van der Waals surface area contributed by atoms with Crippen LogP contribution in [0.15, 0.2) is 52.2 Å². The molecule has 1 atom stereocenters. The highest BCUT2D eigenvalue weighted by Gasteiger charge is 2.38. The number of cyclic esters (lactones) is 1. The first-order valence-electron chi connectivity index (χ1n) is 10.8. The van der Waals surface area contributed by atoms with Crippen LogP contribution >= 0.6 is 0 Å². The number of carboxylic acids is 1. The predicted octanol–water partition coefficient (Wildman–Crippen LogP) is 2.00. The number of aromatic carboxylic acids is 1. The van der Waals surface area contributed by atoms with Gasteiger partial charge in [0, 0.05) is 18.8 Å². The lowest BCUT2D eigenvalue weighted by atomic mass is 10.0. The second-order valence-corrected chi connectivity index (χ2v) is 8.51. The van der Waals surface area contributed by atoms with Crippen LogP contribution in [0.3, 0.4) is 0 Å². The Morgan fingerprint density at radius 2 is 1.89 bits per heavy atom. The number of ether oxygens (including phenoxy) is 1. The minimum absolute atomic E-state index is 0.000984. The maximum absolute atomic E-state index is 13.5. The lowest BCUT2D eigenvalue weighted by Crippen LogP contribution is -2.45. The summed E-state index contributed by atoms with van der Waals surface area (Å²) in [7, 11) is 1.49. The fourth-order valence-corrected chi connectivity index (χ4v) is 4.84. The second kappa shape index (κ2) is 8.11. The van der Waals surface area contributed by atoms with E-state index in [0.29, 0.717) is 15.8 Å². The van der Waals surface area contributed by atoms with Gasteiger partial charge in [-0.3, -0.25) is 18.8 Å². The zero-order chi connectivity index (χ0) is 25.9. The quantitative estimate of drug-likeness (QED) is 0.544. The fourth-order valence-electron chi connectivity index (χ4n) is 4.84. The second-order valence-electron chi connectivity index (χ2n) is 8.51. The Morgan fingerprint density at radius 3 is 2.58 bits per heavy atom. The van der Waals surface area contributed by atoms with Crippen LogP contribution in [-0.4, -0.2) is 28.2 Å². The number of amides is 1. The Hall–Kier alpha value is -4.35. The van der Waals surface area contributed by atoms with Crippen molar-refractivity contribution in [3.63, 3.8) is 0 Å². The smallest absolute Gasteiger partial charge is 0.416 e. The molecule has 0 unspecified atom stereocenters. The minimum Gasteiger partial charge on any atom is -0.545 e. The van der Waals surface area contributed by atoms with Gasteiger partial charge in [0.05, 0.1) is 34.5 Å². The lowest BCUT2D eigenvalue weighted by Gasteiger charge is -2.26. The van der Waals surface area contributed by atoms with Crippen molar-refractivity contribution in [2.75, 3.05) is 11.9 Å². The molecule has 0 N–H and O–H groups in total. The van der Waals surface area contributed by atoms with Crippen LogP contribution in [0.4, 0.5) is 23.7 Å². The molecule has 36 heavy (non-hydrogen) atoms. The van der Waals surface area contributed by atoms with E-state index in [1.54, 1.807) is 0 Å². The van der Waals surface area contributed by atoms with E-state index in [1.807, 2.05) is 0 Å². The Morgan fingerprint density at radius 1 is 1.14 bits per heavy atom. The van der Waals surface area contributed by atoms with Crippen molar-refractivity contribution >= 4 is 17.7 Å². The molecule has 1 aromatic heterocycles. The van der Waals surface area contributed by atoms with Gasteiger partial charge in [0.25, 0.3) is 5.56 Å². The van der Waals surface area contributed by atoms with E-state index >= 15 is 0 Å². The molecule has 0 radical (unpaired) electrons. The maximum atomic E-state index is 13.5. The van der Waals surface area contributed by atoms with E-state index in [-0.39, 0.29) is 36.3 Å². The normalized spacial score (nSPS) is 16.9. The Balaban J connectivity index is 1.71. The molecule has 2 aromatic carbocycles. The SMILES string of the molecule is CN1C(=O)OCc2cc(-n3cc(C(=O)[O-])c(=O)n([C@@H]4CCc5c4cccc5C(F)(F)F)c3=O)ccc21. The van der Waals surface area contributed by atoms with Crippen LogP contribution in [0.2, 0.25) is 0 Å². The zero-order valence-corrected chi connectivity index (χ0v) is 18.7. The summed E-state index contributed by atoms with van der Waals surface area (Å²) < 4.78 is 47.2. The van der Waals surface area contributed by atoms with Crippen LogP contribution < -0.4 is 21.3 Å². The molecule has 9 nitrogen and oxygen atoms in total. The molecule has 2 heterocycles. The highest BCUT2D eigenvalue weighted by Crippen LogP contribution is 2.41. The summed E-state index contributed by atoms with van der Waals surface area (Å²) in [4.78, 5) is 51.4. The third kappa shape index (κ3) is 3.56. The summed E-state index contributed by atoms with van der Waals surface area (Å²) in [6.45, 7) is -0.0930. The number of rotatable bonds is 3. The van der Waals surface area contributed by atoms with Gasteiger partial charge < -0.3 is 14.6 Å². The monoisotopic (exact) mass is 500 g/mol. The molecule has 0 spiro atoms. The first-order chi connectivity index (χ1) is 17.0. The van der Waals surface area contributed by atoms with Gasteiger partial charge in [0.1, 0.15) is 6.61 Å². The van der Waals surface area contributed by atoms with Crippen molar-refractivity contribution in [1.82, 2.24) is 9.13 Å². The van der Waals surface area contributed by atoms with Gasteiger partial charge in [-0.1, -0.05) is 12.1 Å². The summed E-state index contributed by atoms with van der Waals surface area (Å²) in [6, 6.07) is 6.90. The standard InChI is InChI=1S/C24H18F3N3O6/c1-28-18-7-5-13(9-12(18)11-36-23(28)35)29-10-16(21(32)33)20(31)30(22(29)34)19-8-6-14-15(19)3-2-4-17(14)24(25,26)27/h2-5,7,9-10,19H,6,8,11H2,1H3,(H,32,33)/p-1/t19-/m1/s1. The Bertz CT molecular complexity index is 1560. The number of carbonyl (C=O) groups is 2. The molecule has 186 valence electrons. The van der Waals surface area contributed by atoms with Crippen LogP contribution in [0, 0.1) is 0 Å². The van der Waals surface area contributed by atoms with Gasteiger partial charge in [-0.25, -0.2) is 9.59 Å². The number of alkyl halides is 3. The molecular formula is C24H17F3N3O6-. The summed E-state index contributed by atoms with van der Waals surface area (Å²) in [5.41, 5.74) is -2.48. The first-order valence-corrected chi connectivity index (χ1v) is 10.8. The molecule has 5 rings (SSSR count). The van der Waals surface area contributed by atoms with Crippen molar-refractivity contribution in [2.45, 2.75) is 31.7 Å². The van der Waals surface area contributed by atoms with Crippen molar-refractivity contribution in [3.8, 4) is 5.69 Å². The number of halogens is 3. The highest BCUT2D eigenvalue weighted by molar-refractivity contribution is 5.90. The number of hydrogen-bond donors (Lipinski definition) is 0. The Labute approximate surface area is 200 Å².